The molecule has 84 valence electrons. The van der Waals surface area contributed by atoms with Gasteiger partial charge >= 0.3 is 0 Å². The Labute approximate surface area is 92.0 Å². The molecular weight excluding hydrogens is 208 g/mol. The summed E-state index contributed by atoms with van der Waals surface area (Å²) in [4.78, 5) is 18.6. The van der Waals surface area contributed by atoms with Crippen LogP contribution in [-0.4, -0.2) is 24.2 Å². The standard InChI is InChI=1S/C11H12N2O3/c1-6-12-9-7(11(14)13-6)4-5-8(15-2)10(9)16-3/h4-5H,1-3H3,(H,12,13,14). The third-order valence-electron chi connectivity index (χ3n) is 2.34. The van der Waals surface area contributed by atoms with E-state index in [4.69, 9.17) is 9.47 Å². The summed E-state index contributed by atoms with van der Waals surface area (Å²) in [5, 5.41) is 0.489. The summed E-state index contributed by atoms with van der Waals surface area (Å²) < 4.78 is 10.4. The maximum Gasteiger partial charge on any atom is 0.258 e. The quantitative estimate of drug-likeness (QED) is 0.827. The Hall–Kier alpha value is -2.04. The van der Waals surface area contributed by atoms with Crippen LogP contribution in [0.25, 0.3) is 10.9 Å². The Morgan fingerprint density at radius 1 is 1.25 bits per heavy atom. The number of aromatic nitrogens is 2. The lowest BCUT2D eigenvalue weighted by Crippen LogP contribution is -2.10. The fourth-order valence-corrected chi connectivity index (χ4v) is 1.63. The minimum atomic E-state index is -0.177. The van der Waals surface area contributed by atoms with Gasteiger partial charge in [-0.15, -0.1) is 0 Å². The van der Waals surface area contributed by atoms with Crippen LogP contribution in [0.5, 0.6) is 11.5 Å². The van der Waals surface area contributed by atoms with Gasteiger partial charge in [0, 0.05) is 0 Å². The highest BCUT2D eigenvalue weighted by Crippen LogP contribution is 2.32. The van der Waals surface area contributed by atoms with Gasteiger partial charge in [0.25, 0.3) is 5.56 Å². The van der Waals surface area contributed by atoms with E-state index in [0.717, 1.165) is 0 Å². The Morgan fingerprint density at radius 2 is 2.00 bits per heavy atom. The van der Waals surface area contributed by atoms with Crippen molar-refractivity contribution in [2.24, 2.45) is 0 Å². The van der Waals surface area contributed by atoms with Gasteiger partial charge < -0.3 is 14.5 Å². The number of rotatable bonds is 2. The molecule has 0 atom stereocenters. The minimum Gasteiger partial charge on any atom is -0.493 e. The van der Waals surface area contributed by atoms with Crippen molar-refractivity contribution >= 4 is 10.9 Å². The molecule has 0 spiro atoms. The van der Waals surface area contributed by atoms with E-state index in [1.165, 1.54) is 7.11 Å². The average molecular weight is 220 g/mol. The van der Waals surface area contributed by atoms with E-state index in [2.05, 4.69) is 9.97 Å². The lowest BCUT2D eigenvalue weighted by Gasteiger charge is -2.09. The summed E-state index contributed by atoms with van der Waals surface area (Å²) in [6.45, 7) is 1.72. The van der Waals surface area contributed by atoms with Gasteiger partial charge in [0.1, 0.15) is 11.3 Å². The molecule has 2 rings (SSSR count). The van der Waals surface area contributed by atoms with Gasteiger partial charge in [-0.25, -0.2) is 4.98 Å². The molecule has 0 saturated carbocycles. The van der Waals surface area contributed by atoms with Crippen LogP contribution in [-0.2, 0) is 0 Å². The number of nitrogens with zero attached hydrogens (tertiary/aromatic N) is 1. The second kappa shape index (κ2) is 3.84. The summed E-state index contributed by atoms with van der Waals surface area (Å²) in [5.41, 5.74) is 0.339. The van der Waals surface area contributed by atoms with E-state index in [-0.39, 0.29) is 5.56 Å². The number of ether oxygens (including phenoxy) is 2. The normalized spacial score (nSPS) is 10.4. The molecule has 2 aromatic rings. The highest BCUT2D eigenvalue weighted by atomic mass is 16.5. The van der Waals surface area contributed by atoms with E-state index in [1.807, 2.05) is 0 Å². The maximum absolute atomic E-state index is 11.7. The molecule has 1 aromatic heterocycles. The number of nitrogens with one attached hydrogen (secondary N) is 1. The van der Waals surface area contributed by atoms with Crippen molar-refractivity contribution in [1.29, 1.82) is 0 Å². The van der Waals surface area contributed by atoms with Crippen LogP contribution in [0.4, 0.5) is 0 Å². The first-order valence-electron chi connectivity index (χ1n) is 4.79. The smallest absolute Gasteiger partial charge is 0.258 e. The lowest BCUT2D eigenvalue weighted by atomic mass is 10.2. The van der Waals surface area contributed by atoms with Crippen LogP contribution < -0.4 is 15.0 Å². The van der Waals surface area contributed by atoms with Crippen molar-refractivity contribution < 1.29 is 9.47 Å². The summed E-state index contributed by atoms with van der Waals surface area (Å²) >= 11 is 0. The molecule has 0 bridgehead atoms. The number of aromatic amines is 1. The molecule has 0 radical (unpaired) electrons. The van der Waals surface area contributed by atoms with Gasteiger partial charge in [0.15, 0.2) is 11.5 Å². The molecule has 0 amide bonds. The Balaban J connectivity index is 2.91. The monoisotopic (exact) mass is 220 g/mol. The maximum atomic E-state index is 11.7. The van der Waals surface area contributed by atoms with Crippen molar-refractivity contribution in [2.75, 3.05) is 14.2 Å². The second-order valence-corrected chi connectivity index (χ2v) is 3.35. The van der Waals surface area contributed by atoms with E-state index in [1.54, 1.807) is 26.2 Å². The van der Waals surface area contributed by atoms with Crippen molar-refractivity contribution in [2.45, 2.75) is 6.92 Å². The topological polar surface area (TPSA) is 64.2 Å². The molecule has 0 saturated heterocycles. The predicted molar refractivity (Wildman–Crippen MR) is 60.2 cm³/mol. The molecule has 0 aliphatic carbocycles. The zero-order chi connectivity index (χ0) is 11.7. The first-order chi connectivity index (χ1) is 7.67. The fourth-order valence-electron chi connectivity index (χ4n) is 1.63. The van der Waals surface area contributed by atoms with E-state index < -0.39 is 0 Å². The van der Waals surface area contributed by atoms with Crippen LogP contribution in [0.1, 0.15) is 5.82 Å². The third kappa shape index (κ3) is 1.50. The molecule has 1 heterocycles. The van der Waals surface area contributed by atoms with Crippen molar-refractivity contribution in [3.63, 3.8) is 0 Å². The first kappa shape index (κ1) is 10.5. The number of methoxy groups -OCH3 is 2. The van der Waals surface area contributed by atoms with Crippen molar-refractivity contribution in [3.8, 4) is 11.5 Å². The summed E-state index contributed by atoms with van der Waals surface area (Å²) in [6.07, 6.45) is 0. The number of hydrogen-bond donors (Lipinski definition) is 1. The molecule has 0 aliphatic rings. The Morgan fingerprint density at radius 3 is 2.62 bits per heavy atom. The van der Waals surface area contributed by atoms with Crippen LogP contribution in [0, 0.1) is 6.92 Å². The molecule has 0 unspecified atom stereocenters. The number of benzene rings is 1. The molecule has 5 nitrogen and oxygen atoms in total. The summed E-state index contributed by atoms with van der Waals surface area (Å²) in [7, 11) is 3.07. The van der Waals surface area contributed by atoms with Gasteiger partial charge in [0.2, 0.25) is 0 Å². The van der Waals surface area contributed by atoms with Crippen molar-refractivity contribution in [3.05, 3.63) is 28.3 Å². The highest BCUT2D eigenvalue weighted by molar-refractivity contribution is 5.86. The van der Waals surface area contributed by atoms with Crippen LogP contribution >= 0.6 is 0 Å². The number of aryl methyl sites for hydroxylation is 1. The number of hydrogen-bond acceptors (Lipinski definition) is 4. The second-order valence-electron chi connectivity index (χ2n) is 3.35. The Bertz CT molecular complexity index is 590. The van der Waals surface area contributed by atoms with Gasteiger partial charge in [-0.1, -0.05) is 0 Å². The predicted octanol–water partition coefficient (Wildman–Crippen LogP) is 1.25. The van der Waals surface area contributed by atoms with Gasteiger partial charge in [-0.05, 0) is 19.1 Å². The highest BCUT2D eigenvalue weighted by Gasteiger charge is 2.12. The number of H-pyrrole nitrogens is 1. The largest absolute Gasteiger partial charge is 0.493 e. The first-order valence-corrected chi connectivity index (χ1v) is 4.79. The van der Waals surface area contributed by atoms with Crippen LogP contribution in [0.2, 0.25) is 0 Å². The SMILES string of the molecule is COc1ccc2c(=O)[nH]c(C)nc2c1OC. The van der Waals surface area contributed by atoms with Gasteiger partial charge in [-0.3, -0.25) is 4.79 Å². The summed E-state index contributed by atoms with van der Waals surface area (Å²) in [5.74, 6) is 1.59. The van der Waals surface area contributed by atoms with E-state index in [0.29, 0.717) is 28.2 Å². The molecule has 0 fully saturated rings. The molecule has 1 N–H and O–H groups in total. The Kier molecular flexibility index (Phi) is 2.52. The third-order valence-corrected chi connectivity index (χ3v) is 2.34. The summed E-state index contributed by atoms with van der Waals surface area (Å²) in [6, 6.07) is 3.36. The molecule has 0 aliphatic heterocycles. The van der Waals surface area contributed by atoms with Crippen LogP contribution in [0.3, 0.4) is 0 Å². The van der Waals surface area contributed by atoms with Gasteiger partial charge in [-0.2, -0.15) is 0 Å². The van der Waals surface area contributed by atoms with Gasteiger partial charge in [0.05, 0.1) is 19.6 Å². The van der Waals surface area contributed by atoms with E-state index >= 15 is 0 Å². The van der Waals surface area contributed by atoms with Crippen LogP contribution in [0.15, 0.2) is 16.9 Å². The molecular formula is C11H12N2O3. The molecule has 16 heavy (non-hydrogen) atoms. The number of fused-ring (bicyclic) bond motifs is 1. The molecule has 5 heteroatoms. The van der Waals surface area contributed by atoms with E-state index in [9.17, 15) is 4.79 Å². The fraction of sp³-hybridized carbons (Fsp3) is 0.273. The zero-order valence-electron chi connectivity index (χ0n) is 9.33. The zero-order valence-corrected chi connectivity index (χ0v) is 9.33. The average Bonchev–Trinajstić information content (AvgIpc) is 2.27. The lowest BCUT2D eigenvalue weighted by molar-refractivity contribution is 0.358. The van der Waals surface area contributed by atoms with Crippen molar-refractivity contribution in [1.82, 2.24) is 9.97 Å². The minimum absolute atomic E-state index is 0.177. The molecule has 1 aromatic carbocycles.